The molecule has 0 spiro atoms. The summed E-state index contributed by atoms with van der Waals surface area (Å²) in [6, 6.07) is 8.71. The van der Waals surface area contributed by atoms with E-state index in [-0.39, 0.29) is 75.5 Å². The molecule has 14 heavy (non-hydrogen) atoms. The molecule has 0 aromatic heterocycles. The van der Waals surface area contributed by atoms with Gasteiger partial charge in [0.15, 0.2) is 0 Å². The molecule has 0 saturated carbocycles. The van der Waals surface area contributed by atoms with Crippen LogP contribution in [-0.4, -0.2) is 89.6 Å². The van der Waals surface area contributed by atoms with Crippen LogP contribution >= 0.6 is 0 Å². The fourth-order valence-electron chi connectivity index (χ4n) is 0.428. The van der Waals surface area contributed by atoms with Crippen molar-refractivity contribution >= 4 is 84.5 Å². The van der Waals surface area contributed by atoms with E-state index in [4.69, 9.17) is 24.3 Å². The number of para-hydroxylation sites is 1. The molecular weight excluding hydrogens is 260 g/mol. The van der Waals surface area contributed by atoms with Gasteiger partial charge in [-0.05, 0) is 12.1 Å². The Morgan fingerprint density at radius 3 is 1.29 bits per heavy atom. The minimum absolute atomic E-state index is 0. The number of hydrogen-bond acceptors (Lipinski definition) is 5. The van der Waals surface area contributed by atoms with E-state index in [1.165, 1.54) is 0 Å². The van der Waals surface area contributed by atoms with Crippen molar-refractivity contribution in [2.75, 3.05) is 0 Å². The summed E-state index contributed by atoms with van der Waals surface area (Å²) in [5, 5.41) is 8.63. The first-order chi connectivity index (χ1) is 5.39. The fourth-order valence-corrected chi connectivity index (χ4v) is 0.428. The fraction of sp³-hybridized carbons (Fsp3) is 0. The monoisotopic (exact) mass is 266 g/mol. The maximum atomic E-state index is 8.63. The van der Waals surface area contributed by atoms with Gasteiger partial charge >= 0.3 is 75.5 Å². The number of phenolic OH excluding ortho intramolecular Hbond substituents is 1. The van der Waals surface area contributed by atoms with Crippen LogP contribution in [0.1, 0.15) is 0 Å². The maximum absolute atomic E-state index is 8.63. The number of benzene rings is 1. The Morgan fingerprint density at radius 1 is 0.857 bits per heavy atom. The molecule has 1 N–H and O–H groups in total. The Bertz CT molecular complexity index is 209. The van der Waals surface area contributed by atoms with Crippen LogP contribution in [0.3, 0.4) is 0 Å². The molecular formula is C6H6Ca2O5Si. The van der Waals surface area contributed by atoms with E-state index >= 15 is 0 Å². The Hall–Kier alpha value is 1.60. The summed E-state index contributed by atoms with van der Waals surface area (Å²) in [4.78, 5) is 34.3. The van der Waals surface area contributed by atoms with Gasteiger partial charge < -0.3 is 33.3 Å². The maximum Gasteiger partial charge on any atom is 2.00 e. The molecule has 1 aromatic rings. The van der Waals surface area contributed by atoms with E-state index in [1.807, 2.05) is 6.07 Å². The summed E-state index contributed by atoms with van der Waals surface area (Å²) in [5.41, 5.74) is 0. The quantitative estimate of drug-likeness (QED) is 0.476. The van der Waals surface area contributed by atoms with Crippen LogP contribution in [0.2, 0.25) is 0 Å². The van der Waals surface area contributed by atoms with Gasteiger partial charge in [-0.25, -0.2) is 0 Å². The second-order valence-corrected chi connectivity index (χ2v) is 2.84. The molecule has 1 rings (SSSR count). The van der Waals surface area contributed by atoms with Crippen molar-refractivity contribution in [1.82, 2.24) is 0 Å². The number of rotatable bonds is 0. The molecule has 0 amide bonds. The van der Waals surface area contributed by atoms with Crippen molar-refractivity contribution < 1.29 is 24.3 Å². The molecule has 0 aliphatic heterocycles. The normalized spacial score (nSPS) is 8.57. The minimum Gasteiger partial charge on any atom is -0.894 e. The third-order valence-electron chi connectivity index (χ3n) is 0.756. The molecule has 0 radical (unpaired) electrons. The van der Waals surface area contributed by atoms with Gasteiger partial charge in [-0.2, -0.15) is 0 Å². The number of aromatic hydroxyl groups is 1. The molecule has 0 fully saturated rings. The van der Waals surface area contributed by atoms with Crippen molar-refractivity contribution in [3.63, 3.8) is 0 Å². The second-order valence-electron chi connectivity index (χ2n) is 1.84. The Morgan fingerprint density at radius 2 is 1.14 bits per heavy atom. The first kappa shape index (κ1) is 20.9. The zero-order valence-electron chi connectivity index (χ0n) is 7.38. The van der Waals surface area contributed by atoms with Crippen molar-refractivity contribution in [1.29, 1.82) is 0 Å². The van der Waals surface area contributed by atoms with Gasteiger partial charge in [-0.1, -0.05) is 18.2 Å². The average molecular weight is 266 g/mol. The van der Waals surface area contributed by atoms with E-state index in [0.717, 1.165) is 0 Å². The first-order valence-electron chi connectivity index (χ1n) is 2.95. The van der Waals surface area contributed by atoms with Gasteiger partial charge in [0.25, 0.3) is 0 Å². The molecule has 0 atom stereocenters. The number of phenols is 1. The van der Waals surface area contributed by atoms with Gasteiger partial charge in [0.05, 0.1) is 0 Å². The third kappa shape index (κ3) is 23.4. The third-order valence-corrected chi connectivity index (χ3v) is 0.756. The summed E-state index contributed by atoms with van der Waals surface area (Å²) in [5.74, 6) is 0.322. The predicted molar refractivity (Wildman–Crippen MR) is 45.4 cm³/mol. The Kier molecular flexibility index (Phi) is 16.6. The largest absolute Gasteiger partial charge is 2.00 e. The topological polar surface area (TPSA) is 112 Å². The minimum atomic E-state index is -5.61. The van der Waals surface area contributed by atoms with Gasteiger partial charge in [0.1, 0.15) is 5.75 Å². The smallest absolute Gasteiger partial charge is 0.894 e. The molecule has 1 aromatic carbocycles. The van der Waals surface area contributed by atoms with E-state index in [2.05, 4.69) is 0 Å². The molecule has 0 heterocycles. The molecule has 0 aliphatic carbocycles. The zero-order valence-corrected chi connectivity index (χ0v) is 12.8. The van der Waals surface area contributed by atoms with E-state index < -0.39 is 9.05 Å². The summed E-state index contributed by atoms with van der Waals surface area (Å²) >= 11 is 0. The molecule has 0 unspecified atom stereocenters. The van der Waals surface area contributed by atoms with Gasteiger partial charge in [-0.15, -0.1) is 0 Å². The SMILES string of the molecule is Oc1ccccc1.[Ca+2].[Ca+2].[O-][Si]([O-])([O-])[O-]. The average Bonchev–Trinajstić information content (AvgIpc) is 1.85. The molecule has 68 valence electrons. The molecule has 0 aliphatic rings. The molecule has 0 bridgehead atoms. The summed E-state index contributed by atoms with van der Waals surface area (Å²) in [6.07, 6.45) is 0. The van der Waals surface area contributed by atoms with Crippen LogP contribution in [0, 0.1) is 0 Å². The van der Waals surface area contributed by atoms with Crippen LogP contribution in [0.25, 0.3) is 0 Å². The predicted octanol–water partition coefficient (Wildman–Crippen LogP) is -4.51. The molecule has 0 saturated heterocycles. The second kappa shape index (κ2) is 11.1. The Balaban J connectivity index is -0.000000159. The van der Waals surface area contributed by atoms with E-state index in [9.17, 15) is 0 Å². The van der Waals surface area contributed by atoms with Crippen LogP contribution in [0.4, 0.5) is 0 Å². The summed E-state index contributed by atoms with van der Waals surface area (Å²) < 4.78 is 0. The van der Waals surface area contributed by atoms with Gasteiger partial charge in [0.2, 0.25) is 0 Å². The summed E-state index contributed by atoms with van der Waals surface area (Å²) in [6.45, 7) is 0. The van der Waals surface area contributed by atoms with Crippen molar-refractivity contribution in [2.24, 2.45) is 0 Å². The van der Waals surface area contributed by atoms with Crippen LogP contribution in [0.15, 0.2) is 30.3 Å². The first-order valence-corrected chi connectivity index (χ1v) is 4.58. The Labute approximate surface area is 143 Å². The number of hydrogen-bond donors (Lipinski definition) is 1. The van der Waals surface area contributed by atoms with Gasteiger partial charge in [-0.3, -0.25) is 0 Å². The van der Waals surface area contributed by atoms with Crippen LogP contribution in [-0.2, 0) is 0 Å². The van der Waals surface area contributed by atoms with Gasteiger partial charge in [0, 0.05) is 0 Å². The van der Waals surface area contributed by atoms with Crippen molar-refractivity contribution in [2.45, 2.75) is 0 Å². The van der Waals surface area contributed by atoms with Crippen LogP contribution < -0.4 is 19.2 Å². The van der Waals surface area contributed by atoms with E-state index in [0.29, 0.717) is 5.75 Å². The van der Waals surface area contributed by atoms with Crippen molar-refractivity contribution in [3.05, 3.63) is 30.3 Å². The summed E-state index contributed by atoms with van der Waals surface area (Å²) in [7, 11) is -5.61. The molecule has 8 heteroatoms. The zero-order chi connectivity index (χ0) is 9.61. The van der Waals surface area contributed by atoms with E-state index in [1.54, 1.807) is 24.3 Å². The standard InChI is InChI=1S/C6H6O.2Ca.O4Si/c7-6-4-2-1-3-5-6;;;1-5(2,3)4/h1-5,7H;;;/q;2*+2;-4. The van der Waals surface area contributed by atoms with Crippen LogP contribution in [0.5, 0.6) is 5.75 Å². The van der Waals surface area contributed by atoms with Crippen molar-refractivity contribution in [3.8, 4) is 5.75 Å². The molecule has 5 nitrogen and oxygen atoms in total.